The van der Waals surface area contributed by atoms with Crippen LogP contribution in [-0.2, 0) is 17.8 Å². The van der Waals surface area contributed by atoms with E-state index in [1.165, 1.54) is 11.1 Å². The summed E-state index contributed by atoms with van der Waals surface area (Å²) in [6.07, 6.45) is 1.40. The lowest BCUT2D eigenvalue weighted by atomic mass is 10.0. The molecule has 1 heterocycles. The lowest BCUT2D eigenvalue weighted by molar-refractivity contribution is -0.116. The van der Waals surface area contributed by atoms with Crippen molar-refractivity contribution in [2.45, 2.75) is 19.4 Å². The Morgan fingerprint density at radius 3 is 3.06 bits per heavy atom. The van der Waals surface area contributed by atoms with Crippen molar-refractivity contribution in [3.8, 4) is 0 Å². The number of aryl methyl sites for hydroxylation is 1. The van der Waals surface area contributed by atoms with Crippen molar-refractivity contribution in [3.63, 3.8) is 0 Å². The zero-order valence-electron chi connectivity index (χ0n) is 9.05. The van der Waals surface area contributed by atoms with E-state index in [1.807, 2.05) is 12.1 Å². The van der Waals surface area contributed by atoms with Crippen LogP contribution < -0.4 is 21.9 Å². The Kier molecular flexibility index (Phi) is 3.51. The van der Waals surface area contributed by atoms with Crippen LogP contribution in [0.2, 0.25) is 0 Å². The number of fused-ring (bicyclic) bond motifs is 1. The highest BCUT2D eigenvalue weighted by atomic mass is 16.1. The molecule has 2 rings (SSSR count). The Morgan fingerprint density at radius 1 is 1.38 bits per heavy atom. The maximum atomic E-state index is 11.2. The van der Waals surface area contributed by atoms with E-state index < -0.39 is 0 Å². The van der Waals surface area contributed by atoms with Gasteiger partial charge >= 0.3 is 0 Å². The molecule has 1 amide bonds. The van der Waals surface area contributed by atoms with Crippen LogP contribution in [0.25, 0.3) is 0 Å². The molecule has 1 aliphatic heterocycles. The molecule has 1 aromatic carbocycles. The third-order valence-corrected chi connectivity index (χ3v) is 2.62. The van der Waals surface area contributed by atoms with Crippen molar-refractivity contribution >= 4 is 11.6 Å². The van der Waals surface area contributed by atoms with E-state index in [-0.39, 0.29) is 5.91 Å². The Hall–Kier alpha value is -1.43. The molecule has 0 spiro atoms. The highest BCUT2D eigenvalue weighted by Gasteiger charge is 2.14. The number of anilines is 1. The third-order valence-electron chi connectivity index (χ3n) is 2.62. The van der Waals surface area contributed by atoms with Crippen molar-refractivity contribution in [2.75, 3.05) is 12.0 Å². The quantitative estimate of drug-likeness (QED) is 0.251. The molecule has 1 aromatic rings. The largest absolute Gasteiger partial charge is 0.326 e. The van der Waals surface area contributed by atoms with Crippen LogP contribution in [0.3, 0.4) is 0 Å². The second kappa shape index (κ2) is 5.07. The van der Waals surface area contributed by atoms with Gasteiger partial charge in [0, 0.05) is 18.7 Å². The predicted octanol–water partition coefficient (Wildman–Crippen LogP) is 0.0817. The number of hydrazine groups is 1. The Morgan fingerprint density at radius 2 is 2.25 bits per heavy atom. The molecule has 0 aliphatic carbocycles. The average Bonchev–Trinajstić information content (AvgIpc) is 2.29. The molecule has 0 saturated heterocycles. The fraction of sp³-hybridized carbons (Fsp3) is 0.364. The number of carbonyl (C=O) groups excluding carboxylic acids is 1. The molecule has 0 fully saturated rings. The fourth-order valence-electron chi connectivity index (χ4n) is 1.83. The van der Waals surface area contributed by atoms with Gasteiger partial charge in [0.15, 0.2) is 0 Å². The number of amides is 1. The molecule has 0 atom stereocenters. The number of nitrogens with two attached hydrogens (primary N) is 1. The first kappa shape index (κ1) is 11.1. The summed E-state index contributed by atoms with van der Waals surface area (Å²) in [5.74, 6) is 5.26. The van der Waals surface area contributed by atoms with Gasteiger partial charge in [0.1, 0.15) is 0 Å². The molecule has 0 radical (unpaired) electrons. The van der Waals surface area contributed by atoms with Gasteiger partial charge in [-0.1, -0.05) is 12.1 Å². The number of hydrogen-bond donors (Lipinski definition) is 4. The van der Waals surface area contributed by atoms with E-state index in [9.17, 15) is 4.79 Å². The van der Waals surface area contributed by atoms with Crippen molar-refractivity contribution in [2.24, 2.45) is 5.84 Å². The van der Waals surface area contributed by atoms with Crippen molar-refractivity contribution < 1.29 is 4.79 Å². The molecule has 0 unspecified atom stereocenters. The fourth-order valence-corrected chi connectivity index (χ4v) is 1.83. The standard InChI is InChI=1S/C11H16N4O/c12-14-7-13-6-8-1-3-10-9(5-8)2-4-11(16)15-10/h1,3,5,13-14H,2,4,6-7,12H2,(H,15,16). The van der Waals surface area contributed by atoms with E-state index >= 15 is 0 Å². The van der Waals surface area contributed by atoms with Crippen LogP contribution in [0.4, 0.5) is 5.69 Å². The van der Waals surface area contributed by atoms with Crippen LogP contribution in [0.1, 0.15) is 17.5 Å². The molecular formula is C11H16N4O. The van der Waals surface area contributed by atoms with Crippen LogP contribution in [0.15, 0.2) is 18.2 Å². The Bertz CT molecular complexity index is 392. The maximum Gasteiger partial charge on any atom is 0.224 e. The monoisotopic (exact) mass is 220 g/mol. The van der Waals surface area contributed by atoms with Gasteiger partial charge in [-0.3, -0.25) is 16.0 Å². The normalized spacial score (nSPS) is 14.4. The Balaban J connectivity index is 2.04. The Labute approximate surface area is 94.4 Å². The van der Waals surface area contributed by atoms with Gasteiger partial charge in [-0.25, -0.2) is 5.43 Å². The SMILES string of the molecule is NNCNCc1ccc2c(c1)CCC(=O)N2. The second-order valence-electron chi connectivity index (χ2n) is 3.85. The first-order valence-corrected chi connectivity index (χ1v) is 5.35. The molecule has 1 aliphatic rings. The van der Waals surface area contributed by atoms with Gasteiger partial charge in [0.05, 0.1) is 6.67 Å². The average molecular weight is 220 g/mol. The van der Waals surface area contributed by atoms with Crippen molar-refractivity contribution in [3.05, 3.63) is 29.3 Å². The third kappa shape index (κ3) is 2.57. The highest BCUT2D eigenvalue weighted by Crippen LogP contribution is 2.23. The molecular weight excluding hydrogens is 204 g/mol. The summed E-state index contributed by atoms with van der Waals surface area (Å²) >= 11 is 0. The minimum atomic E-state index is 0.103. The second-order valence-corrected chi connectivity index (χ2v) is 3.85. The molecule has 0 aromatic heterocycles. The summed E-state index contributed by atoms with van der Waals surface area (Å²) in [4.78, 5) is 11.2. The molecule has 0 saturated carbocycles. The van der Waals surface area contributed by atoms with Crippen LogP contribution in [0, 0.1) is 0 Å². The molecule has 5 N–H and O–H groups in total. The van der Waals surface area contributed by atoms with Gasteiger partial charge in [-0.15, -0.1) is 0 Å². The van der Waals surface area contributed by atoms with Gasteiger partial charge in [0.25, 0.3) is 0 Å². The topological polar surface area (TPSA) is 79.2 Å². The van der Waals surface area contributed by atoms with Crippen molar-refractivity contribution in [1.29, 1.82) is 0 Å². The molecule has 5 heteroatoms. The summed E-state index contributed by atoms with van der Waals surface area (Å²) < 4.78 is 0. The van der Waals surface area contributed by atoms with Crippen LogP contribution in [-0.4, -0.2) is 12.6 Å². The number of carbonyl (C=O) groups is 1. The maximum absolute atomic E-state index is 11.2. The van der Waals surface area contributed by atoms with E-state index in [2.05, 4.69) is 22.1 Å². The van der Waals surface area contributed by atoms with E-state index in [0.717, 1.165) is 18.7 Å². The van der Waals surface area contributed by atoms with E-state index in [4.69, 9.17) is 5.84 Å². The first-order chi connectivity index (χ1) is 7.79. The smallest absolute Gasteiger partial charge is 0.224 e. The van der Waals surface area contributed by atoms with Crippen molar-refractivity contribution in [1.82, 2.24) is 10.7 Å². The minimum absolute atomic E-state index is 0.103. The number of rotatable bonds is 4. The number of hydrogen-bond acceptors (Lipinski definition) is 4. The summed E-state index contributed by atoms with van der Waals surface area (Å²) in [6.45, 7) is 1.35. The number of benzene rings is 1. The molecule has 0 bridgehead atoms. The van der Waals surface area contributed by atoms with E-state index in [0.29, 0.717) is 13.1 Å². The van der Waals surface area contributed by atoms with Gasteiger partial charge < -0.3 is 5.32 Å². The first-order valence-electron chi connectivity index (χ1n) is 5.35. The lowest BCUT2D eigenvalue weighted by Gasteiger charge is -2.17. The van der Waals surface area contributed by atoms with Gasteiger partial charge in [-0.2, -0.15) is 0 Å². The summed E-state index contributed by atoms with van der Waals surface area (Å²) in [5.41, 5.74) is 5.89. The summed E-state index contributed by atoms with van der Waals surface area (Å²) in [6, 6.07) is 6.09. The zero-order chi connectivity index (χ0) is 11.4. The van der Waals surface area contributed by atoms with E-state index in [1.54, 1.807) is 0 Å². The summed E-state index contributed by atoms with van der Waals surface area (Å²) in [5, 5.41) is 6.01. The molecule has 86 valence electrons. The molecule has 5 nitrogen and oxygen atoms in total. The van der Waals surface area contributed by atoms with Crippen LogP contribution >= 0.6 is 0 Å². The predicted molar refractivity (Wildman–Crippen MR) is 62.4 cm³/mol. The number of nitrogens with one attached hydrogen (secondary N) is 3. The summed E-state index contributed by atoms with van der Waals surface area (Å²) in [7, 11) is 0. The van der Waals surface area contributed by atoms with Crippen LogP contribution in [0.5, 0.6) is 0 Å². The van der Waals surface area contributed by atoms with Gasteiger partial charge in [-0.05, 0) is 23.6 Å². The molecule has 16 heavy (non-hydrogen) atoms. The highest BCUT2D eigenvalue weighted by molar-refractivity contribution is 5.93. The zero-order valence-corrected chi connectivity index (χ0v) is 9.05. The van der Waals surface area contributed by atoms with Gasteiger partial charge in [0.2, 0.25) is 5.91 Å². The lowest BCUT2D eigenvalue weighted by Crippen LogP contribution is -2.33. The minimum Gasteiger partial charge on any atom is -0.326 e.